The Labute approximate surface area is 82.5 Å². The van der Waals surface area contributed by atoms with Crippen molar-refractivity contribution in [3.63, 3.8) is 0 Å². The molecular weight excluding hydrogens is 164 g/mol. The van der Waals surface area contributed by atoms with E-state index in [1.54, 1.807) is 0 Å². The standard InChI is InChI=1S/C11H24S/c1-9(2)6-7-12-11(5)8-10(3)4/h9-11H,6-8H2,1-5H3. The van der Waals surface area contributed by atoms with Crippen LogP contribution in [0.5, 0.6) is 0 Å². The van der Waals surface area contributed by atoms with Gasteiger partial charge in [-0.3, -0.25) is 0 Å². The molecule has 12 heavy (non-hydrogen) atoms. The molecule has 0 aromatic rings. The topological polar surface area (TPSA) is 0 Å². The fraction of sp³-hybridized carbons (Fsp3) is 1.00. The van der Waals surface area contributed by atoms with Gasteiger partial charge in [-0.15, -0.1) is 0 Å². The van der Waals surface area contributed by atoms with Crippen LogP contribution in [-0.2, 0) is 0 Å². The highest BCUT2D eigenvalue weighted by atomic mass is 32.2. The van der Waals surface area contributed by atoms with Crippen molar-refractivity contribution in [1.29, 1.82) is 0 Å². The largest absolute Gasteiger partial charge is 0.159 e. The van der Waals surface area contributed by atoms with Gasteiger partial charge in [-0.1, -0.05) is 34.6 Å². The zero-order valence-corrected chi connectivity index (χ0v) is 10.1. The molecule has 0 aliphatic heterocycles. The normalized spacial score (nSPS) is 14.2. The molecule has 0 N–H and O–H groups in total. The lowest BCUT2D eigenvalue weighted by Crippen LogP contribution is -2.03. The molecule has 0 radical (unpaired) electrons. The van der Waals surface area contributed by atoms with Crippen molar-refractivity contribution in [3.05, 3.63) is 0 Å². The third kappa shape index (κ3) is 8.45. The van der Waals surface area contributed by atoms with Crippen LogP contribution >= 0.6 is 11.8 Å². The Morgan fingerprint density at radius 3 is 1.92 bits per heavy atom. The fourth-order valence-corrected chi connectivity index (χ4v) is 2.77. The number of thioether (sulfide) groups is 1. The minimum Gasteiger partial charge on any atom is -0.159 e. The minimum absolute atomic E-state index is 0.851. The highest BCUT2D eigenvalue weighted by Gasteiger charge is 2.05. The van der Waals surface area contributed by atoms with Crippen molar-refractivity contribution in [1.82, 2.24) is 0 Å². The van der Waals surface area contributed by atoms with Crippen LogP contribution < -0.4 is 0 Å². The first kappa shape index (κ1) is 12.3. The van der Waals surface area contributed by atoms with E-state index < -0.39 is 0 Å². The van der Waals surface area contributed by atoms with Gasteiger partial charge in [-0.2, -0.15) is 11.8 Å². The monoisotopic (exact) mass is 188 g/mol. The summed E-state index contributed by atoms with van der Waals surface area (Å²) in [6, 6.07) is 0. The second kappa shape index (κ2) is 6.82. The first-order valence-corrected chi connectivity index (χ1v) is 6.18. The van der Waals surface area contributed by atoms with E-state index in [1.807, 2.05) is 0 Å². The molecule has 0 aromatic carbocycles. The molecule has 0 aliphatic rings. The van der Waals surface area contributed by atoms with Gasteiger partial charge in [-0.25, -0.2) is 0 Å². The van der Waals surface area contributed by atoms with Gasteiger partial charge in [0, 0.05) is 5.25 Å². The average molecular weight is 188 g/mol. The Kier molecular flexibility index (Phi) is 7.02. The van der Waals surface area contributed by atoms with Crippen molar-refractivity contribution in [3.8, 4) is 0 Å². The van der Waals surface area contributed by atoms with Gasteiger partial charge in [-0.05, 0) is 30.4 Å². The number of hydrogen-bond acceptors (Lipinski definition) is 1. The van der Waals surface area contributed by atoms with Gasteiger partial charge in [0.15, 0.2) is 0 Å². The van der Waals surface area contributed by atoms with Crippen molar-refractivity contribution in [2.45, 2.75) is 52.7 Å². The summed E-state index contributed by atoms with van der Waals surface area (Å²) in [6.07, 6.45) is 2.73. The first-order valence-electron chi connectivity index (χ1n) is 5.14. The molecule has 74 valence electrons. The molecule has 0 aromatic heterocycles. The van der Waals surface area contributed by atoms with Gasteiger partial charge < -0.3 is 0 Å². The van der Waals surface area contributed by atoms with Gasteiger partial charge in [0.05, 0.1) is 0 Å². The second-order valence-electron chi connectivity index (χ2n) is 4.49. The Morgan fingerprint density at radius 2 is 1.50 bits per heavy atom. The zero-order chi connectivity index (χ0) is 9.56. The molecule has 0 spiro atoms. The van der Waals surface area contributed by atoms with Crippen LogP contribution in [0.2, 0.25) is 0 Å². The number of rotatable bonds is 6. The van der Waals surface area contributed by atoms with Crippen molar-refractivity contribution >= 4 is 11.8 Å². The molecule has 0 saturated heterocycles. The van der Waals surface area contributed by atoms with Gasteiger partial charge in [0.1, 0.15) is 0 Å². The van der Waals surface area contributed by atoms with Crippen LogP contribution in [0.1, 0.15) is 47.5 Å². The van der Waals surface area contributed by atoms with E-state index in [2.05, 4.69) is 46.4 Å². The summed E-state index contributed by atoms with van der Waals surface area (Å²) in [5.74, 6) is 3.06. The summed E-state index contributed by atoms with van der Waals surface area (Å²) in [6.45, 7) is 11.6. The molecule has 0 amide bonds. The van der Waals surface area contributed by atoms with Crippen LogP contribution in [0.3, 0.4) is 0 Å². The lowest BCUT2D eigenvalue weighted by molar-refractivity contribution is 0.582. The lowest BCUT2D eigenvalue weighted by atomic mass is 10.1. The minimum atomic E-state index is 0.851. The Balaban J connectivity index is 3.25. The number of hydrogen-bond donors (Lipinski definition) is 0. The molecule has 0 nitrogen and oxygen atoms in total. The Hall–Kier alpha value is 0.350. The highest BCUT2D eigenvalue weighted by Crippen LogP contribution is 2.20. The summed E-state index contributed by atoms with van der Waals surface area (Å²) < 4.78 is 0. The van der Waals surface area contributed by atoms with E-state index in [9.17, 15) is 0 Å². The molecule has 0 aliphatic carbocycles. The van der Waals surface area contributed by atoms with Crippen molar-refractivity contribution in [2.24, 2.45) is 11.8 Å². The Morgan fingerprint density at radius 1 is 0.917 bits per heavy atom. The van der Waals surface area contributed by atoms with Crippen LogP contribution in [0.4, 0.5) is 0 Å². The summed E-state index contributed by atoms with van der Waals surface area (Å²) in [5.41, 5.74) is 0. The molecular formula is C11H24S. The lowest BCUT2D eigenvalue weighted by Gasteiger charge is -2.13. The first-order chi connectivity index (χ1) is 5.52. The summed E-state index contributed by atoms with van der Waals surface area (Å²) in [7, 11) is 0. The van der Waals surface area contributed by atoms with Crippen LogP contribution in [0.25, 0.3) is 0 Å². The van der Waals surface area contributed by atoms with E-state index in [0.29, 0.717) is 0 Å². The maximum atomic E-state index is 2.35. The van der Waals surface area contributed by atoms with E-state index in [4.69, 9.17) is 0 Å². The summed E-state index contributed by atoms with van der Waals surface area (Å²) in [4.78, 5) is 0. The maximum absolute atomic E-state index is 2.35. The van der Waals surface area contributed by atoms with Crippen LogP contribution in [0, 0.1) is 11.8 Å². The maximum Gasteiger partial charge on any atom is 0.00211 e. The quantitative estimate of drug-likeness (QED) is 0.602. The molecule has 1 unspecified atom stereocenters. The van der Waals surface area contributed by atoms with Crippen molar-refractivity contribution in [2.75, 3.05) is 5.75 Å². The van der Waals surface area contributed by atoms with Crippen LogP contribution in [-0.4, -0.2) is 11.0 Å². The van der Waals surface area contributed by atoms with Gasteiger partial charge >= 0.3 is 0 Å². The zero-order valence-electron chi connectivity index (χ0n) is 9.26. The predicted octanol–water partition coefficient (Wildman–Crippen LogP) is 4.20. The molecule has 0 fully saturated rings. The second-order valence-corrected chi connectivity index (χ2v) is 6.04. The smallest absolute Gasteiger partial charge is 0.00211 e. The average Bonchev–Trinajstić information content (AvgIpc) is 1.84. The fourth-order valence-electron chi connectivity index (χ4n) is 1.24. The molecule has 0 bridgehead atoms. The van der Waals surface area contributed by atoms with Gasteiger partial charge in [0.25, 0.3) is 0 Å². The summed E-state index contributed by atoms with van der Waals surface area (Å²) in [5, 5.41) is 0.851. The molecule has 1 heteroatoms. The molecule has 0 heterocycles. The molecule has 0 saturated carbocycles. The predicted molar refractivity (Wildman–Crippen MR) is 60.8 cm³/mol. The van der Waals surface area contributed by atoms with Crippen molar-refractivity contribution < 1.29 is 0 Å². The molecule has 1 atom stereocenters. The highest BCUT2D eigenvalue weighted by molar-refractivity contribution is 7.99. The van der Waals surface area contributed by atoms with Crippen LogP contribution in [0.15, 0.2) is 0 Å². The van der Waals surface area contributed by atoms with Gasteiger partial charge in [0.2, 0.25) is 0 Å². The Bertz CT molecular complexity index is 97.2. The van der Waals surface area contributed by atoms with E-state index in [1.165, 1.54) is 18.6 Å². The third-order valence-corrected chi connectivity index (χ3v) is 3.13. The molecule has 0 rings (SSSR count). The third-order valence-electron chi connectivity index (χ3n) is 1.90. The SMILES string of the molecule is CC(C)CCSC(C)CC(C)C. The van der Waals surface area contributed by atoms with E-state index >= 15 is 0 Å². The summed E-state index contributed by atoms with van der Waals surface area (Å²) >= 11 is 2.13. The van der Waals surface area contributed by atoms with E-state index in [0.717, 1.165) is 17.1 Å². The van der Waals surface area contributed by atoms with E-state index in [-0.39, 0.29) is 0 Å².